The van der Waals surface area contributed by atoms with Crippen LogP contribution in [0.3, 0.4) is 0 Å². The van der Waals surface area contributed by atoms with Gasteiger partial charge in [-0.1, -0.05) is 6.07 Å². The van der Waals surface area contributed by atoms with Gasteiger partial charge >= 0.3 is 6.09 Å². The van der Waals surface area contributed by atoms with Gasteiger partial charge in [0.25, 0.3) is 10.0 Å². The molecular weight excluding hydrogens is 596 g/mol. The molecule has 0 aliphatic carbocycles. The van der Waals surface area contributed by atoms with E-state index in [2.05, 4.69) is 19.7 Å². The largest absolute Gasteiger partial charge is 0.480 e. The summed E-state index contributed by atoms with van der Waals surface area (Å²) in [5.41, 5.74) is 7.10. The number of carbonyl (C=O) groups excluding carboxylic acids is 1. The second-order valence-electron chi connectivity index (χ2n) is 11.1. The Morgan fingerprint density at radius 2 is 1.73 bits per heavy atom. The van der Waals surface area contributed by atoms with Gasteiger partial charge in [0.1, 0.15) is 33.6 Å². The van der Waals surface area contributed by atoms with Crippen LogP contribution in [0.2, 0.25) is 0 Å². The fourth-order valence-electron chi connectivity index (χ4n) is 4.72. The number of pyridine rings is 1. The number of amides is 1. The van der Waals surface area contributed by atoms with Crippen molar-refractivity contribution >= 4 is 44.5 Å². The standard InChI is InChI=1S/C29H31F2N7O5S/c1-29(2,3)43-28(39)38-11-9-37(10-12-38)25-20-13-17(5-7-22(20)34-27(32)35-25)18-14-23(26(42-4)33-16-18)36-44(40,41)24-8-6-19(30)15-21(24)31/h5-8,13-16,36H,9-12H2,1-4H3,(H2,32,34,35). The molecule has 0 unspecified atom stereocenters. The minimum Gasteiger partial charge on any atom is -0.480 e. The molecule has 0 atom stereocenters. The maximum absolute atomic E-state index is 14.3. The van der Waals surface area contributed by atoms with Crippen LogP contribution in [-0.4, -0.2) is 73.3 Å². The normalized spacial score (nSPS) is 14.0. The fraction of sp³-hybridized carbons (Fsp3) is 0.310. The van der Waals surface area contributed by atoms with Crippen molar-refractivity contribution in [2.75, 3.05) is 48.6 Å². The predicted octanol–water partition coefficient (Wildman–Crippen LogP) is 4.42. The van der Waals surface area contributed by atoms with Gasteiger partial charge in [0, 0.05) is 49.4 Å². The number of nitrogen functional groups attached to an aromatic ring is 1. The van der Waals surface area contributed by atoms with Gasteiger partial charge in [-0.25, -0.2) is 32.0 Å². The smallest absolute Gasteiger partial charge is 0.410 e. The van der Waals surface area contributed by atoms with E-state index >= 15 is 0 Å². The molecule has 5 rings (SSSR count). The second-order valence-corrected chi connectivity index (χ2v) is 12.7. The third-order valence-corrected chi connectivity index (χ3v) is 8.13. The summed E-state index contributed by atoms with van der Waals surface area (Å²) in [5, 5.41) is 0.675. The summed E-state index contributed by atoms with van der Waals surface area (Å²) >= 11 is 0. The van der Waals surface area contributed by atoms with Crippen molar-refractivity contribution in [2.24, 2.45) is 0 Å². The number of halogens is 2. The number of hydrogen-bond acceptors (Lipinski definition) is 10. The minimum absolute atomic E-state index is 0.0548. The van der Waals surface area contributed by atoms with Gasteiger partial charge in [-0.05, 0) is 56.7 Å². The number of anilines is 3. The molecule has 1 amide bonds. The second kappa shape index (κ2) is 11.7. The van der Waals surface area contributed by atoms with Crippen LogP contribution in [0.4, 0.5) is 31.0 Å². The lowest BCUT2D eigenvalue weighted by Crippen LogP contribution is -2.50. The predicted molar refractivity (Wildman–Crippen MR) is 161 cm³/mol. The molecule has 12 nitrogen and oxygen atoms in total. The molecule has 3 heterocycles. The van der Waals surface area contributed by atoms with Crippen LogP contribution in [-0.2, 0) is 14.8 Å². The van der Waals surface area contributed by atoms with Crippen molar-refractivity contribution in [3.05, 3.63) is 60.3 Å². The van der Waals surface area contributed by atoms with E-state index in [-0.39, 0.29) is 23.6 Å². The summed E-state index contributed by atoms with van der Waals surface area (Å²) in [6, 6.07) is 9.00. The average Bonchev–Trinajstić information content (AvgIpc) is 2.95. The maximum atomic E-state index is 14.3. The Morgan fingerprint density at radius 3 is 2.39 bits per heavy atom. The highest BCUT2D eigenvalue weighted by molar-refractivity contribution is 7.92. The van der Waals surface area contributed by atoms with E-state index in [1.165, 1.54) is 19.4 Å². The van der Waals surface area contributed by atoms with E-state index in [4.69, 9.17) is 15.2 Å². The molecular formula is C29H31F2N7O5S. The Bertz CT molecular complexity index is 1840. The zero-order valence-corrected chi connectivity index (χ0v) is 25.3. The van der Waals surface area contributed by atoms with Crippen LogP contribution in [0.25, 0.3) is 22.0 Å². The topological polar surface area (TPSA) is 153 Å². The zero-order valence-electron chi connectivity index (χ0n) is 24.5. The Balaban J connectivity index is 1.46. The minimum atomic E-state index is -4.46. The van der Waals surface area contributed by atoms with Gasteiger partial charge in [0.2, 0.25) is 11.8 Å². The molecule has 1 aliphatic heterocycles. The molecule has 1 aliphatic rings. The van der Waals surface area contributed by atoms with Crippen molar-refractivity contribution in [3.8, 4) is 17.0 Å². The van der Waals surface area contributed by atoms with E-state index in [9.17, 15) is 22.0 Å². The van der Waals surface area contributed by atoms with E-state index < -0.39 is 32.2 Å². The number of methoxy groups -OCH3 is 1. The summed E-state index contributed by atoms with van der Waals surface area (Å²) < 4.78 is 66.7. The lowest BCUT2D eigenvalue weighted by atomic mass is 10.0. The number of aromatic nitrogens is 3. The van der Waals surface area contributed by atoms with E-state index in [0.717, 1.165) is 12.1 Å². The number of nitrogens with two attached hydrogens (primary N) is 1. The van der Waals surface area contributed by atoms with Gasteiger partial charge in [0.05, 0.1) is 12.6 Å². The molecule has 0 bridgehead atoms. The van der Waals surface area contributed by atoms with Crippen molar-refractivity contribution in [1.82, 2.24) is 19.9 Å². The Kier molecular flexibility index (Phi) is 8.16. The first-order chi connectivity index (χ1) is 20.7. The number of piperazine rings is 1. The van der Waals surface area contributed by atoms with Crippen LogP contribution in [0.5, 0.6) is 5.88 Å². The number of rotatable bonds is 6. The quantitative estimate of drug-likeness (QED) is 0.314. The van der Waals surface area contributed by atoms with E-state index in [1.807, 2.05) is 31.7 Å². The number of hydrogen-bond donors (Lipinski definition) is 2. The summed E-state index contributed by atoms with van der Waals surface area (Å²) in [7, 11) is -3.15. The molecule has 0 spiro atoms. The Morgan fingerprint density at radius 1 is 1.00 bits per heavy atom. The number of benzene rings is 2. The van der Waals surface area contributed by atoms with Gasteiger partial charge in [-0.3, -0.25) is 4.72 Å². The van der Waals surface area contributed by atoms with Crippen molar-refractivity contribution in [3.63, 3.8) is 0 Å². The van der Waals surface area contributed by atoms with Crippen molar-refractivity contribution < 1.29 is 31.5 Å². The fourth-order valence-corrected chi connectivity index (χ4v) is 5.82. The lowest BCUT2D eigenvalue weighted by Gasteiger charge is -2.36. The molecule has 44 heavy (non-hydrogen) atoms. The molecule has 0 radical (unpaired) electrons. The first kappa shape index (κ1) is 30.7. The third kappa shape index (κ3) is 6.56. The molecule has 2 aromatic heterocycles. The van der Waals surface area contributed by atoms with Crippen LogP contribution < -0.4 is 20.1 Å². The van der Waals surface area contributed by atoms with Crippen LogP contribution in [0, 0.1) is 11.6 Å². The van der Waals surface area contributed by atoms with Crippen molar-refractivity contribution in [1.29, 1.82) is 0 Å². The molecule has 3 N–H and O–H groups in total. The number of fused-ring (bicyclic) bond motifs is 1. The SMILES string of the molecule is COc1ncc(-c2ccc3nc(N)nc(N4CCN(C(=O)OC(C)(C)C)CC4)c3c2)cc1NS(=O)(=O)c1ccc(F)cc1F. The van der Waals surface area contributed by atoms with Gasteiger partial charge in [0.15, 0.2) is 0 Å². The summed E-state index contributed by atoms with van der Waals surface area (Å²) in [6.07, 6.45) is 1.11. The van der Waals surface area contributed by atoms with E-state index in [1.54, 1.807) is 17.0 Å². The first-order valence-electron chi connectivity index (χ1n) is 13.6. The number of nitrogens with one attached hydrogen (secondary N) is 1. The number of sulfonamides is 1. The average molecular weight is 628 g/mol. The highest BCUT2D eigenvalue weighted by Gasteiger charge is 2.28. The number of carbonyl (C=O) groups is 1. The Labute approximate surface area is 252 Å². The van der Waals surface area contributed by atoms with Crippen LogP contribution in [0.15, 0.2) is 53.6 Å². The molecule has 0 saturated carbocycles. The molecule has 232 valence electrons. The van der Waals surface area contributed by atoms with Gasteiger partial charge in [-0.2, -0.15) is 4.98 Å². The third-order valence-electron chi connectivity index (χ3n) is 6.73. The Hall–Kier alpha value is -4.79. The summed E-state index contributed by atoms with van der Waals surface area (Å²) in [6.45, 7) is 7.24. The van der Waals surface area contributed by atoms with Crippen molar-refractivity contribution in [2.45, 2.75) is 31.3 Å². The van der Waals surface area contributed by atoms with Gasteiger partial charge in [-0.15, -0.1) is 0 Å². The summed E-state index contributed by atoms with van der Waals surface area (Å²) in [5.74, 6) is -1.54. The molecule has 1 saturated heterocycles. The summed E-state index contributed by atoms with van der Waals surface area (Å²) in [4.78, 5) is 28.5. The highest BCUT2D eigenvalue weighted by Crippen LogP contribution is 2.34. The highest BCUT2D eigenvalue weighted by atomic mass is 32.2. The maximum Gasteiger partial charge on any atom is 0.410 e. The molecule has 15 heteroatoms. The van der Waals surface area contributed by atoms with Crippen LogP contribution >= 0.6 is 0 Å². The monoisotopic (exact) mass is 627 g/mol. The number of ether oxygens (including phenoxy) is 2. The molecule has 4 aromatic rings. The van der Waals surface area contributed by atoms with Crippen LogP contribution in [0.1, 0.15) is 20.8 Å². The number of nitrogens with zero attached hydrogens (tertiary/aromatic N) is 5. The molecule has 2 aromatic carbocycles. The van der Waals surface area contributed by atoms with E-state index in [0.29, 0.717) is 60.1 Å². The first-order valence-corrected chi connectivity index (χ1v) is 15.0. The molecule has 1 fully saturated rings. The lowest BCUT2D eigenvalue weighted by molar-refractivity contribution is 0.0240. The van der Waals surface area contributed by atoms with Gasteiger partial charge < -0.3 is 25.0 Å². The zero-order chi connectivity index (χ0) is 31.8.